The van der Waals surface area contributed by atoms with Crippen LogP contribution in [0.3, 0.4) is 0 Å². The van der Waals surface area contributed by atoms with E-state index in [-0.39, 0.29) is 0 Å². The van der Waals surface area contributed by atoms with E-state index < -0.39 is 0 Å². The van der Waals surface area contributed by atoms with Gasteiger partial charge in [-0.1, -0.05) is 12.1 Å². The van der Waals surface area contributed by atoms with Crippen LogP contribution in [-0.4, -0.2) is 12.7 Å². The van der Waals surface area contributed by atoms with E-state index in [1.165, 1.54) is 18.4 Å². The predicted octanol–water partition coefficient (Wildman–Crippen LogP) is 1.69. The lowest BCUT2D eigenvalue weighted by Crippen LogP contribution is -2.09. The molecule has 0 spiro atoms. The molecule has 3 heteroatoms. The molecular weight excluding hydrogens is 176 g/mol. The summed E-state index contributed by atoms with van der Waals surface area (Å²) >= 11 is 0. The molecule has 1 aromatic rings. The van der Waals surface area contributed by atoms with E-state index in [1.54, 1.807) is 0 Å². The summed E-state index contributed by atoms with van der Waals surface area (Å²) in [7, 11) is 0. The molecule has 1 aromatic carbocycles. The highest BCUT2D eigenvalue weighted by atomic mass is 16.5. The molecule has 0 aliphatic carbocycles. The summed E-state index contributed by atoms with van der Waals surface area (Å²) in [5, 5.41) is 0. The van der Waals surface area contributed by atoms with E-state index in [4.69, 9.17) is 10.6 Å². The topological polar surface area (TPSA) is 47.3 Å². The van der Waals surface area contributed by atoms with Gasteiger partial charge >= 0.3 is 0 Å². The Balaban J connectivity index is 1.95. The highest BCUT2D eigenvalue weighted by Gasteiger charge is 2.15. The normalized spacial score (nSPS) is 21.1. The standard InChI is InChI=1S/C11H16N2O/c12-13-10-5-3-9(4-6-10)8-11-2-1-7-14-11/h3-6,11,13H,1-2,7-8,12H2. The van der Waals surface area contributed by atoms with Crippen molar-refractivity contribution in [2.24, 2.45) is 5.84 Å². The highest BCUT2D eigenvalue weighted by Crippen LogP contribution is 2.18. The Kier molecular flexibility index (Phi) is 3.01. The first-order chi connectivity index (χ1) is 6.88. The molecule has 1 aliphatic heterocycles. The summed E-state index contributed by atoms with van der Waals surface area (Å²) in [6, 6.07) is 8.17. The number of hydrogen-bond acceptors (Lipinski definition) is 3. The van der Waals surface area contributed by atoms with Crippen LogP contribution in [-0.2, 0) is 11.2 Å². The first-order valence-corrected chi connectivity index (χ1v) is 5.05. The fourth-order valence-electron chi connectivity index (χ4n) is 1.81. The summed E-state index contributed by atoms with van der Waals surface area (Å²) in [5.74, 6) is 5.29. The van der Waals surface area contributed by atoms with Gasteiger partial charge in [0.2, 0.25) is 0 Å². The van der Waals surface area contributed by atoms with E-state index in [2.05, 4.69) is 17.6 Å². The average Bonchev–Trinajstić information content (AvgIpc) is 2.72. The number of hydrogen-bond donors (Lipinski definition) is 2. The molecule has 1 saturated heterocycles. The van der Waals surface area contributed by atoms with Crippen LogP contribution in [0.25, 0.3) is 0 Å². The summed E-state index contributed by atoms with van der Waals surface area (Å²) in [6.45, 7) is 0.924. The third-order valence-electron chi connectivity index (χ3n) is 2.61. The number of anilines is 1. The third-order valence-corrected chi connectivity index (χ3v) is 2.61. The van der Waals surface area contributed by atoms with E-state index >= 15 is 0 Å². The Hall–Kier alpha value is -1.06. The van der Waals surface area contributed by atoms with Gasteiger partial charge in [-0.2, -0.15) is 0 Å². The monoisotopic (exact) mass is 192 g/mol. The Bertz CT molecular complexity index is 278. The second-order valence-corrected chi connectivity index (χ2v) is 3.68. The number of nitrogen functional groups attached to an aromatic ring is 1. The Morgan fingerprint density at radius 3 is 2.71 bits per heavy atom. The Morgan fingerprint density at radius 1 is 1.36 bits per heavy atom. The predicted molar refractivity (Wildman–Crippen MR) is 56.9 cm³/mol. The summed E-state index contributed by atoms with van der Waals surface area (Å²) in [5.41, 5.74) is 4.88. The van der Waals surface area contributed by atoms with E-state index in [0.29, 0.717) is 6.10 Å². The Morgan fingerprint density at radius 2 is 2.14 bits per heavy atom. The molecule has 0 aromatic heterocycles. The van der Waals surface area contributed by atoms with Gasteiger partial charge in [-0.15, -0.1) is 0 Å². The van der Waals surface area contributed by atoms with Crippen molar-refractivity contribution in [1.29, 1.82) is 0 Å². The molecule has 2 rings (SSSR count). The lowest BCUT2D eigenvalue weighted by Gasteiger charge is -2.09. The van der Waals surface area contributed by atoms with Crippen molar-refractivity contribution < 1.29 is 4.74 Å². The SMILES string of the molecule is NNc1ccc(CC2CCCO2)cc1. The van der Waals surface area contributed by atoms with Crippen molar-refractivity contribution in [3.8, 4) is 0 Å². The molecule has 0 saturated carbocycles. The van der Waals surface area contributed by atoms with E-state index in [9.17, 15) is 0 Å². The molecular formula is C11H16N2O. The Labute approximate surface area is 84.2 Å². The van der Waals surface area contributed by atoms with Crippen molar-refractivity contribution >= 4 is 5.69 Å². The molecule has 1 unspecified atom stereocenters. The maximum Gasteiger partial charge on any atom is 0.0616 e. The summed E-state index contributed by atoms with van der Waals surface area (Å²) in [6.07, 6.45) is 3.83. The van der Waals surface area contributed by atoms with Crippen molar-refractivity contribution in [1.82, 2.24) is 0 Å². The van der Waals surface area contributed by atoms with Crippen LogP contribution < -0.4 is 11.3 Å². The van der Waals surface area contributed by atoms with Gasteiger partial charge in [0.05, 0.1) is 6.10 Å². The zero-order valence-electron chi connectivity index (χ0n) is 8.20. The van der Waals surface area contributed by atoms with Gasteiger partial charge < -0.3 is 10.2 Å². The molecule has 0 bridgehead atoms. The van der Waals surface area contributed by atoms with E-state index in [0.717, 1.165) is 18.7 Å². The van der Waals surface area contributed by atoms with Crippen LogP contribution in [0.5, 0.6) is 0 Å². The molecule has 76 valence electrons. The largest absolute Gasteiger partial charge is 0.378 e. The lowest BCUT2D eigenvalue weighted by atomic mass is 10.1. The molecule has 1 atom stereocenters. The molecule has 3 N–H and O–H groups in total. The van der Waals surface area contributed by atoms with Crippen LogP contribution in [0.15, 0.2) is 24.3 Å². The molecule has 3 nitrogen and oxygen atoms in total. The van der Waals surface area contributed by atoms with Gasteiger partial charge in [0, 0.05) is 12.3 Å². The molecule has 1 heterocycles. The van der Waals surface area contributed by atoms with Crippen LogP contribution in [0.1, 0.15) is 18.4 Å². The first kappa shape index (κ1) is 9.49. The smallest absolute Gasteiger partial charge is 0.0616 e. The van der Waals surface area contributed by atoms with Crippen molar-refractivity contribution in [2.75, 3.05) is 12.0 Å². The number of ether oxygens (including phenoxy) is 1. The third kappa shape index (κ3) is 2.25. The average molecular weight is 192 g/mol. The van der Waals surface area contributed by atoms with Crippen molar-refractivity contribution in [2.45, 2.75) is 25.4 Å². The van der Waals surface area contributed by atoms with Gasteiger partial charge in [-0.25, -0.2) is 0 Å². The van der Waals surface area contributed by atoms with E-state index in [1.807, 2.05) is 12.1 Å². The zero-order chi connectivity index (χ0) is 9.80. The second kappa shape index (κ2) is 4.44. The molecule has 0 amide bonds. The second-order valence-electron chi connectivity index (χ2n) is 3.68. The number of nitrogens with two attached hydrogens (primary N) is 1. The maximum absolute atomic E-state index is 5.57. The number of benzene rings is 1. The number of rotatable bonds is 3. The molecule has 1 aliphatic rings. The number of hydrazine groups is 1. The molecule has 0 radical (unpaired) electrons. The minimum atomic E-state index is 0.423. The zero-order valence-corrected chi connectivity index (χ0v) is 8.20. The van der Waals surface area contributed by atoms with Crippen molar-refractivity contribution in [3.63, 3.8) is 0 Å². The number of nitrogens with one attached hydrogen (secondary N) is 1. The summed E-state index contributed by atoms with van der Waals surface area (Å²) < 4.78 is 5.57. The van der Waals surface area contributed by atoms with Gasteiger partial charge in [-0.05, 0) is 37.0 Å². The maximum atomic E-state index is 5.57. The fourth-order valence-corrected chi connectivity index (χ4v) is 1.81. The van der Waals surface area contributed by atoms with Crippen molar-refractivity contribution in [3.05, 3.63) is 29.8 Å². The van der Waals surface area contributed by atoms with Gasteiger partial charge in [-0.3, -0.25) is 5.84 Å². The van der Waals surface area contributed by atoms with Gasteiger partial charge in [0.1, 0.15) is 0 Å². The minimum Gasteiger partial charge on any atom is -0.378 e. The van der Waals surface area contributed by atoms with Crippen LogP contribution in [0.4, 0.5) is 5.69 Å². The van der Waals surface area contributed by atoms with Gasteiger partial charge in [0.25, 0.3) is 0 Å². The molecule has 14 heavy (non-hydrogen) atoms. The molecule has 1 fully saturated rings. The van der Waals surface area contributed by atoms with Crippen LogP contribution >= 0.6 is 0 Å². The van der Waals surface area contributed by atoms with Gasteiger partial charge in [0.15, 0.2) is 0 Å². The fraction of sp³-hybridized carbons (Fsp3) is 0.455. The highest BCUT2D eigenvalue weighted by molar-refractivity contribution is 5.43. The summed E-state index contributed by atoms with van der Waals surface area (Å²) in [4.78, 5) is 0. The van der Waals surface area contributed by atoms with Crippen LogP contribution in [0.2, 0.25) is 0 Å². The van der Waals surface area contributed by atoms with Crippen LogP contribution in [0, 0.1) is 0 Å². The minimum absolute atomic E-state index is 0.423. The quantitative estimate of drug-likeness (QED) is 0.566. The first-order valence-electron chi connectivity index (χ1n) is 5.05. The lowest BCUT2D eigenvalue weighted by molar-refractivity contribution is 0.111.